The molecule has 170 valence electrons. The first-order chi connectivity index (χ1) is 14.8. The molecule has 2 N–H and O–H groups in total. The van der Waals surface area contributed by atoms with Gasteiger partial charge in [0, 0.05) is 31.7 Å². The first-order valence-corrected chi connectivity index (χ1v) is 11.4. The van der Waals surface area contributed by atoms with Crippen molar-refractivity contribution in [2.24, 2.45) is 11.8 Å². The third-order valence-electron chi connectivity index (χ3n) is 6.62. The molecule has 0 radical (unpaired) electrons. The molecule has 7 nitrogen and oxygen atoms in total. The molecular formula is C24H35N3O4. The van der Waals surface area contributed by atoms with E-state index in [2.05, 4.69) is 5.32 Å². The first-order valence-electron chi connectivity index (χ1n) is 11.4. The molecule has 0 aromatic heterocycles. The van der Waals surface area contributed by atoms with E-state index in [-0.39, 0.29) is 24.3 Å². The molecule has 0 saturated carbocycles. The molecule has 31 heavy (non-hydrogen) atoms. The number of fused-ring (bicyclic) bond motifs is 1. The van der Waals surface area contributed by atoms with Gasteiger partial charge in [0.1, 0.15) is 0 Å². The molecule has 2 aliphatic heterocycles. The summed E-state index contributed by atoms with van der Waals surface area (Å²) >= 11 is 0. The van der Waals surface area contributed by atoms with Gasteiger partial charge < -0.3 is 20.2 Å². The highest BCUT2D eigenvalue weighted by atomic mass is 16.4. The number of rotatable bonds is 7. The van der Waals surface area contributed by atoms with Crippen LogP contribution in [0.3, 0.4) is 0 Å². The van der Waals surface area contributed by atoms with Gasteiger partial charge in [-0.3, -0.25) is 14.4 Å². The Balaban J connectivity index is 1.75. The van der Waals surface area contributed by atoms with E-state index >= 15 is 0 Å². The van der Waals surface area contributed by atoms with Crippen LogP contribution >= 0.6 is 0 Å². The molecule has 1 aromatic rings. The lowest BCUT2D eigenvalue weighted by Crippen LogP contribution is -2.40. The van der Waals surface area contributed by atoms with E-state index in [0.717, 1.165) is 50.0 Å². The topological polar surface area (TPSA) is 90.0 Å². The number of carboxylic acid groups (broad SMARTS) is 1. The van der Waals surface area contributed by atoms with Gasteiger partial charge in [0.2, 0.25) is 5.91 Å². The van der Waals surface area contributed by atoms with Crippen molar-refractivity contribution < 1.29 is 19.5 Å². The van der Waals surface area contributed by atoms with Crippen LogP contribution in [0.5, 0.6) is 0 Å². The molecule has 1 atom stereocenters. The van der Waals surface area contributed by atoms with Crippen LogP contribution in [0.25, 0.3) is 0 Å². The van der Waals surface area contributed by atoms with Crippen molar-refractivity contribution in [2.45, 2.75) is 58.5 Å². The van der Waals surface area contributed by atoms with Gasteiger partial charge in [0.05, 0.1) is 12.3 Å². The Hall–Kier alpha value is -2.41. The zero-order valence-electron chi connectivity index (χ0n) is 18.9. The van der Waals surface area contributed by atoms with Crippen LogP contribution in [0, 0.1) is 11.8 Å². The summed E-state index contributed by atoms with van der Waals surface area (Å²) in [6, 6.07) is 5.61. The highest BCUT2D eigenvalue weighted by molar-refractivity contribution is 5.94. The fourth-order valence-corrected chi connectivity index (χ4v) is 4.63. The number of carbonyl (C=O) groups is 3. The van der Waals surface area contributed by atoms with Gasteiger partial charge in [-0.25, -0.2) is 0 Å². The second-order valence-electron chi connectivity index (χ2n) is 9.25. The number of hydrogen-bond acceptors (Lipinski definition) is 4. The van der Waals surface area contributed by atoms with Crippen molar-refractivity contribution in [3.05, 3.63) is 34.9 Å². The van der Waals surface area contributed by atoms with E-state index in [1.54, 1.807) is 9.80 Å². The number of amides is 2. The molecule has 0 spiro atoms. The molecule has 1 saturated heterocycles. The van der Waals surface area contributed by atoms with E-state index in [4.69, 9.17) is 0 Å². The Labute approximate surface area is 184 Å². The summed E-state index contributed by atoms with van der Waals surface area (Å²) in [5.41, 5.74) is 2.50. The maximum Gasteiger partial charge on any atom is 0.304 e. The van der Waals surface area contributed by atoms with Crippen LogP contribution in [0.4, 0.5) is 0 Å². The van der Waals surface area contributed by atoms with E-state index in [9.17, 15) is 19.5 Å². The quantitative estimate of drug-likeness (QED) is 0.695. The second kappa shape index (κ2) is 10.3. The van der Waals surface area contributed by atoms with Gasteiger partial charge in [-0.15, -0.1) is 0 Å². The highest BCUT2D eigenvalue weighted by Gasteiger charge is 2.32. The van der Waals surface area contributed by atoms with Gasteiger partial charge in [-0.05, 0) is 81.8 Å². The summed E-state index contributed by atoms with van der Waals surface area (Å²) in [7, 11) is 1.84. The van der Waals surface area contributed by atoms with Crippen LogP contribution in [0.1, 0.15) is 61.0 Å². The molecule has 0 bridgehead atoms. The number of hydrogen-bond donors (Lipinski definition) is 2. The summed E-state index contributed by atoms with van der Waals surface area (Å²) in [6.45, 7) is 7.16. The van der Waals surface area contributed by atoms with Gasteiger partial charge in [-0.1, -0.05) is 6.07 Å². The van der Waals surface area contributed by atoms with Gasteiger partial charge in [0.15, 0.2) is 0 Å². The van der Waals surface area contributed by atoms with Crippen molar-refractivity contribution in [1.29, 1.82) is 0 Å². The summed E-state index contributed by atoms with van der Waals surface area (Å²) in [4.78, 5) is 40.8. The van der Waals surface area contributed by atoms with Gasteiger partial charge >= 0.3 is 5.97 Å². The standard InChI is InChI=1S/C24H35N3O4/c1-16(2)27-15-19-5-4-18(12-20(19)13-21(24(27)31)14-22(28)29)23(30)26(3)11-8-17-6-9-25-10-7-17/h4-5,12,16-17,21,25H,6-11,13-15H2,1-3H3,(H,28,29)/t21-/m1/s1. The summed E-state index contributed by atoms with van der Waals surface area (Å²) < 4.78 is 0. The molecule has 1 fully saturated rings. The third-order valence-corrected chi connectivity index (χ3v) is 6.62. The number of carboxylic acids is 1. The number of aliphatic carboxylic acids is 1. The SMILES string of the molecule is CC(C)N1Cc2ccc(C(=O)N(C)CCC3CCNCC3)cc2C[C@H](CC(=O)O)C1=O. The molecule has 0 unspecified atom stereocenters. The van der Waals surface area contributed by atoms with E-state index in [0.29, 0.717) is 24.4 Å². The molecule has 0 aliphatic carbocycles. The largest absolute Gasteiger partial charge is 0.481 e. The molecular weight excluding hydrogens is 394 g/mol. The number of nitrogens with one attached hydrogen (secondary N) is 1. The monoisotopic (exact) mass is 429 g/mol. The second-order valence-corrected chi connectivity index (χ2v) is 9.25. The fraction of sp³-hybridized carbons (Fsp3) is 0.625. The van der Waals surface area contributed by atoms with Crippen LogP contribution in [0.15, 0.2) is 18.2 Å². The minimum absolute atomic E-state index is 0.0165. The van der Waals surface area contributed by atoms with E-state index in [1.165, 1.54) is 0 Å². The maximum atomic E-state index is 13.0. The lowest BCUT2D eigenvalue weighted by atomic mass is 9.92. The Bertz CT molecular complexity index is 817. The highest BCUT2D eigenvalue weighted by Crippen LogP contribution is 2.28. The fourth-order valence-electron chi connectivity index (χ4n) is 4.63. The van der Waals surface area contributed by atoms with Crippen LogP contribution < -0.4 is 5.32 Å². The lowest BCUT2D eigenvalue weighted by molar-refractivity contribution is -0.145. The first kappa shape index (κ1) is 23.3. The predicted octanol–water partition coefficient (Wildman–Crippen LogP) is 2.53. The Morgan fingerprint density at radius 2 is 1.94 bits per heavy atom. The van der Waals surface area contributed by atoms with Crippen LogP contribution in [-0.2, 0) is 22.6 Å². The molecule has 2 aliphatic rings. The molecule has 3 rings (SSSR count). The van der Waals surface area contributed by atoms with Crippen molar-refractivity contribution in [3.8, 4) is 0 Å². The number of carbonyl (C=O) groups excluding carboxylic acids is 2. The summed E-state index contributed by atoms with van der Waals surface area (Å²) in [5, 5.41) is 12.7. The number of nitrogens with zero attached hydrogens (tertiary/aromatic N) is 2. The molecule has 2 amide bonds. The van der Waals surface area contributed by atoms with Crippen molar-refractivity contribution >= 4 is 17.8 Å². The smallest absolute Gasteiger partial charge is 0.304 e. The van der Waals surface area contributed by atoms with Gasteiger partial charge in [-0.2, -0.15) is 0 Å². The van der Waals surface area contributed by atoms with E-state index in [1.807, 2.05) is 39.1 Å². The van der Waals surface area contributed by atoms with Crippen molar-refractivity contribution in [3.63, 3.8) is 0 Å². The zero-order chi connectivity index (χ0) is 22.5. The zero-order valence-corrected chi connectivity index (χ0v) is 18.9. The summed E-state index contributed by atoms with van der Waals surface area (Å²) in [6.07, 6.45) is 3.48. The van der Waals surface area contributed by atoms with Crippen molar-refractivity contribution in [2.75, 3.05) is 26.7 Å². The van der Waals surface area contributed by atoms with Crippen LogP contribution in [-0.4, -0.2) is 65.4 Å². The minimum atomic E-state index is -0.976. The predicted molar refractivity (Wildman–Crippen MR) is 119 cm³/mol. The van der Waals surface area contributed by atoms with E-state index < -0.39 is 11.9 Å². The van der Waals surface area contributed by atoms with Crippen molar-refractivity contribution in [1.82, 2.24) is 15.1 Å². The molecule has 1 aromatic carbocycles. The minimum Gasteiger partial charge on any atom is -0.481 e. The lowest BCUT2D eigenvalue weighted by Gasteiger charge is -2.27. The Morgan fingerprint density at radius 1 is 1.23 bits per heavy atom. The summed E-state index contributed by atoms with van der Waals surface area (Å²) in [5.74, 6) is -1.07. The number of benzene rings is 1. The third kappa shape index (κ3) is 5.85. The van der Waals surface area contributed by atoms with Gasteiger partial charge in [0.25, 0.3) is 5.91 Å². The van der Waals surface area contributed by atoms with Crippen LogP contribution in [0.2, 0.25) is 0 Å². The average Bonchev–Trinajstić information content (AvgIpc) is 2.88. The average molecular weight is 430 g/mol. The number of piperidine rings is 1. The normalized spacial score (nSPS) is 19.8. The Morgan fingerprint density at radius 3 is 2.58 bits per heavy atom. The Kier molecular flexibility index (Phi) is 7.70. The maximum absolute atomic E-state index is 13.0. The molecule has 2 heterocycles. The molecule has 7 heteroatoms.